The van der Waals surface area contributed by atoms with E-state index < -0.39 is 26.7 Å². The van der Waals surface area contributed by atoms with Crippen LogP contribution in [0.25, 0.3) is 0 Å². The van der Waals surface area contributed by atoms with Crippen LogP contribution in [0.2, 0.25) is 0 Å². The SMILES string of the molecule is NS(=O)(=O)c1cc(C(=O)OCCC2CCC2)cc(F)c1Br. The Morgan fingerprint density at radius 1 is 1.43 bits per heavy atom. The average molecular weight is 380 g/mol. The lowest BCUT2D eigenvalue weighted by atomic mass is 9.83. The highest BCUT2D eigenvalue weighted by Gasteiger charge is 2.22. The van der Waals surface area contributed by atoms with Gasteiger partial charge in [-0.2, -0.15) is 0 Å². The van der Waals surface area contributed by atoms with Gasteiger partial charge in [-0.1, -0.05) is 19.3 Å². The van der Waals surface area contributed by atoms with E-state index in [4.69, 9.17) is 9.88 Å². The highest BCUT2D eigenvalue weighted by atomic mass is 79.9. The molecule has 0 atom stereocenters. The number of primary sulfonamides is 1. The Balaban J connectivity index is 2.11. The Morgan fingerprint density at radius 3 is 2.62 bits per heavy atom. The molecule has 8 heteroatoms. The molecule has 1 aromatic carbocycles. The zero-order valence-corrected chi connectivity index (χ0v) is 13.5. The summed E-state index contributed by atoms with van der Waals surface area (Å²) in [6.45, 7) is 0.242. The Morgan fingerprint density at radius 2 is 2.10 bits per heavy atom. The molecule has 0 amide bonds. The fourth-order valence-corrected chi connectivity index (χ4v) is 3.62. The standard InChI is InChI=1S/C13H15BrFNO4S/c14-12-10(15)6-9(7-11(12)21(16,18)19)13(17)20-5-4-8-2-1-3-8/h6-8H,1-5H2,(H2,16,18,19). The van der Waals surface area contributed by atoms with Gasteiger partial charge in [0.2, 0.25) is 10.0 Å². The van der Waals surface area contributed by atoms with Crippen LogP contribution in [0.3, 0.4) is 0 Å². The molecule has 0 aliphatic heterocycles. The molecule has 116 valence electrons. The zero-order valence-electron chi connectivity index (χ0n) is 11.1. The van der Waals surface area contributed by atoms with E-state index in [1.807, 2.05) is 0 Å². The molecule has 2 N–H and O–H groups in total. The van der Waals surface area contributed by atoms with Gasteiger partial charge in [-0.15, -0.1) is 0 Å². The van der Waals surface area contributed by atoms with E-state index in [1.54, 1.807) is 0 Å². The van der Waals surface area contributed by atoms with Crippen LogP contribution < -0.4 is 5.14 Å². The van der Waals surface area contributed by atoms with Crippen molar-refractivity contribution in [3.8, 4) is 0 Å². The summed E-state index contributed by atoms with van der Waals surface area (Å²) in [5.41, 5.74) is -0.173. The Kier molecular flexibility index (Phi) is 5.00. The van der Waals surface area contributed by atoms with Crippen molar-refractivity contribution in [3.05, 3.63) is 28.0 Å². The largest absolute Gasteiger partial charge is 0.462 e. The summed E-state index contributed by atoms with van der Waals surface area (Å²) < 4.78 is 41.1. The van der Waals surface area contributed by atoms with Crippen molar-refractivity contribution < 1.29 is 22.3 Å². The quantitative estimate of drug-likeness (QED) is 0.796. The van der Waals surface area contributed by atoms with Crippen molar-refractivity contribution in [1.29, 1.82) is 0 Å². The fraction of sp³-hybridized carbons (Fsp3) is 0.462. The van der Waals surface area contributed by atoms with Crippen LogP contribution in [0.5, 0.6) is 0 Å². The van der Waals surface area contributed by atoms with Crippen molar-refractivity contribution in [2.75, 3.05) is 6.61 Å². The van der Waals surface area contributed by atoms with E-state index in [1.165, 1.54) is 6.42 Å². The second-order valence-corrected chi connectivity index (χ2v) is 7.36. The third-order valence-electron chi connectivity index (χ3n) is 3.52. The van der Waals surface area contributed by atoms with Crippen molar-refractivity contribution >= 4 is 31.9 Å². The molecule has 1 fully saturated rings. The van der Waals surface area contributed by atoms with Gasteiger partial charge >= 0.3 is 5.97 Å². The molecule has 0 unspecified atom stereocenters. The molecule has 0 saturated heterocycles. The first-order chi connectivity index (χ1) is 9.79. The Labute approximate surface area is 130 Å². The molecule has 5 nitrogen and oxygen atoms in total. The second kappa shape index (κ2) is 6.41. The van der Waals surface area contributed by atoms with Crippen LogP contribution in [-0.4, -0.2) is 21.0 Å². The lowest BCUT2D eigenvalue weighted by Gasteiger charge is -2.24. The van der Waals surface area contributed by atoms with Gasteiger partial charge in [0.05, 0.1) is 21.5 Å². The minimum atomic E-state index is -4.14. The number of sulfonamides is 1. The molecule has 21 heavy (non-hydrogen) atoms. The van der Waals surface area contributed by atoms with Crippen molar-refractivity contribution in [1.82, 2.24) is 0 Å². The Bertz CT molecular complexity index is 658. The first-order valence-electron chi connectivity index (χ1n) is 6.48. The van der Waals surface area contributed by atoms with Gasteiger partial charge in [-0.3, -0.25) is 0 Å². The van der Waals surface area contributed by atoms with Crippen LogP contribution >= 0.6 is 15.9 Å². The van der Waals surface area contributed by atoms with Crippen LogP contribution in [0.1, 0.15) is 36.0 Å². The summed E-state index contributed by atoms with van der Waals surface area (Å²) in [6, 6.07) is 1.93. The highest BCUT2D eigenvalue weighted by Crippen LogP contribution is 2.29. The summed E-state index contributed by atoms with van der Waals surface area (Å²) in [7, 11) is -4.14. The van der Waals surface area contributed by atoms with Crippen LogP contribution in [0, 0.1) is 11.7 Å². The summed E-state index contributed by atoms with van der Waals surface area (Å²) in [6.07, 6.45) is 4.25. The minimum absolute atomic E-state index is 0.173. The number of esters is 1. The maximum absolute atomic E-state index is 13.7. The maximum Gasteiger partial charge on any atom is 0.338 e. The first kappa shape index (κ1) is 16.4. The van der Waals surface area contributed by atoms with Crippen molar-refractivity contribution in [3.63, 3.8) is 0 Å². The van der Waals surface area contributed by atoms with Crippen molar-refractivity contribution in [2.45, 2.75) is 30.6 Å². The molecule has 1 saturated carbocycles. The molecule has 2 rings (SSSR count). The highest BCUT2D eigenvalue weighted by molar-refractivity contribution is 9.10. The van der Waals surface area contributed by atoms with E-state index >= 15 is 0 Å². The average Bonchev–Trinajstić information content (AvgIpc) is 2.33. The lowest BCUT2D eigenvalue weighted by molar-refractivity contribution is 0.0463. The second-order valence-electron chi connectivity index (χ2n) is 5.04. The van der Waals surface area contributed by atoms with E-state index in [9.17, 15) is 17.6 Å². The molecule has 1 aliphatic rings. The summed E-state index contributed by atoms with van der Waals surface area (Å²) in [4.78, 5) is 11.4. The van der Waals surface area contributed by atoms with Crippen molar-refractivity contribution in [2.24, 2.45) is 11.1 Å². The third-order valence-corrected chi connectivity index (χ3v) is 5.52. The van der Waals surface area contributed by atoms with Gasteiger partial charge in [0.1, 0.15) is 5.82 Å². The molecular formula is C13H15BrFNO4S. The van der Waals surface area contributed by atoms with E-state index in [0.717, 1.165) is 31.4 Å². The lowest BCUT2D eigenvalue weighted by Crippen LogP contribution is -2.17. The smallest absolute Gasteiger partial charge is 0.338 e. The molecule has 0 aromatic heterocycles. The first-order valence-corrected chi connectivity index (χ1v) is 8.82. The predicted octanol–water partition coefficient (Wildman–Crippen LogP) is 2.58. The molecule has 0 bridgehead atoms. The topological polar surface area (TPSA) is 86.5 Å². The van der Waals surface area contributed by atoms with Gasteiger partial charge in [0.25, 0.3) is 0 Å². The minimum Gasteiger partial charge on any atom is -0.462 e. The van der Waals surface area contributed by atoms with Crippen LogP contribution in [0.4, 0.5) is 4.39 Å². The molecule has 0 heterocycles. The molecule has 1 aliphatic carbocycles. The number of nitrogens with two attached hydrogens (primary N) is 1. The third kappa shape index (κ3) is 4.02. The van der Waals surface area contributed by atoms with Crippen LogP contribution in [0.15, 0.2) is 21.5 Å². The maximum atomic E-state index is 13.7. The zero-order chi connectivity index (χ0) is 15.6. The number of carbonyl (C=O) groups is 1. The fourth-order valence-electron chi connectivity index (χ4n) is 2.07. The van der Waals surface area contributed by atoms with E-state index in [0.29, 0.717) is 5.92 Å². The van der Waals surface area contributed by atoms with Gasteiger partial charge in [0.15, 0.2) is 0 Å². The normalized spacial score (nSPS) is 15.6. The Hall–Kier alpha value is -0.990. The molecule has 0 spiro atoms. The van der Waals surface area contributed by atoms with Gasteiger partial charge in [0, 0.05) is 0 Å². The number of ether oxygens (including phenoxy) is 1. The number of rotatable bonds is 5. The van der Waals surface area contributed by atoms with Gasteiger partial charge < -0.3 is 4.74 Å². The van der Waals surface area contributed by atoms with Crippen LogP contribution in [-0.2, 0) is 14.8 Å². The molecule has 1 aromatic rings. The summed E-state index contributed by atoms with van der Waals surface area (Å²) in [5, 5.41) is 4.98. The predicted molar refractivity (Wildman–Crippen MR) is 77.7 cm³/mol. The molecular weight excluding hydrogens is 365 g/mol. The number of hydrogen-bond acceptors (Lipinski definition) is 4. The number of benzene rings is 1. The number of hydrogen-bond donors (Lipinski definition) is 1. The monoisotopic (exact) mass is 379 g/mol. The van der Waals surface area contributed by atoms with Gasteiger partial charge in [-0.25, -0.2) is 22.7 Å². The summed E-state index contributed by atoms with van der Waals surface area (Å²) >= 11 is 2.80. The van der Waals surface area contributed by atoms with E-state index in [-0.39, 0.29) is 16.6 Å². The number of halogens is 2. The summed E-state index contributed by atoms with van der Waals surface area (Å²) in [5.74, 6) is -1.06. The number of carbonyl (C=O) groups excluding carboxylic acids is 1. The van der Waals surface area contributed by atoms with Gasteiger partial charge in [-0.05, 0) is 40.4 Å². The van der Waals surface area contributed by atoms with E-state index in [2.05, 4.69) is 15.9 Å². The molecule has 0 radical (unpaired) electrons.